The number of oxazole rings is 1. The second-order valence-corrected chi connectivity index (χ2v) is 10.5. The van der Waals surface area contributed by atoms with Crippen molar-refractivity contribution in [2.24, 2.45) is 10.2 Å². The molecular formula is C31H31N5O3. The van der Waals surface area contributed by atoms with E-state index in [9.17, 15) is 4.79 Å². The van der Waals surface area contributed by atoms with Crippen molar-refractivity contribution in [2.75, 3.05) is 17.2 Å². The fourth-order valence-corrected chi connectivity index (χ4v) is 4.22. The van der Waals surface area contributed by atoms with Crippen LogP contribution in [0.1, 0.15) is 43.4 Å². The van der Waals surface area contributed by atoms with Crippen molar-refractivity contribution in [1.82, 2.24) is 4.98 Å². The zero-order chi connectivity index (χ0) is 27.6. The van der Waals surface area contributed by atoms with Crippen molar-refractivity contribution in [1.29, 1.82) is 0 Å². The number of urea groups is 1. The van der Waals surface area contributed by atoms with Gasteiger partial charge in [-0.25, -0.2) is 9.78 Å². The second kappa shape index (κ2) is 10.6. The van der Waals surface area contributed by atoms with Crippen LogP contribution in [0.4, 0.5) is 21.9 Å². The number of aromatic nitrogens is 1. The van der Waals surface area contributed by atoms with Crippen LogP contribution in [-0.4, -0.2) is 17.6 Å². The van der Waals surface area contributed by atoms with Crippen LogP contribution in [0.2, 0.25) is 0 Å². The van der Waals surface area contributed by atoms with Gasteiger partial charge >= 0.3 is 6.03 Å². The highest BCUT2D eigenvalue weighted by Crippen LogP contribution is 2.31. The fourth-order valence-electron chi connectivity index (χ4n) is 4.22. The lowest BCUT2D eigenvalue weighted by molar-refractivity contribution is 0.262. The Kier molecular flexibility index (Phi) is 7.02. The van der Waals surface area contributed by atoms with Crippen molar-refractivity contribution in [3.8, 4) is 0 Å². The summed E-state index contributed by atoms with van der Waals surface area (Å²) < 4.78 is 11.5. The summed E-state index contributed by atoms with van der Waals surface area (Å²) in [6, 6.07) is 18.8. The van der Waals surface area contributed by atoms with Gasteiger partial charge in [0.25, 0.3) is 0 Å². The van der Waals surface area contributed by atoms with Gasteiger partial charge in [0, 0.05) is 11.4 Å². The number of anilines is 2. The van der Waals surface area contributed by atoms with Crippen LogP contribution in [0.25, 0.3) is 16.7 Å². The number of fused-ring (bicyclic) bond motifs is 1. The minimum Gasteiger partial charge on any atom is -0.495 e. The van der Waals surface area contributed by atoms with Crippen molar-refractivity contribution < 1.29 is 13.9 Å². The van der Waals surface area contributed by atoms with Gasteiger partial charge < -0.3 is 19.8 Å². The summed E-state index contributed by atoms with van der Waals surface area (Å²) in [4.78, 5) is 17.2. The molecule has 0 aliphatic carbocycles. The Morgan fingerprint density at radius 1 is 0.949 bits per heavy atom. The number of aryl methyl sites for hydroxylation is 2. The molecule has 8 nitrogen and oxygen atoms in total. The summed E-state index contributed by atoms with van der Waals surface area (Å²) in [6.45, 7) is 10.7. The van der Waals surface area contributed by atoms with Crippen molar-refractivity contribution in [3.05, 3.63) is 101 Å². The molecule has 39 heavy (non-hydrogen) atoms. The SMILES string of the molecule is Cc1cccc(C)c1NC(=O)Nc1ccc(N=NC2=C(c3nc4cc(C(C)(C)C)ccc4o3)C=COC2)cc1. The maximum Gasteiger partial charge on any atom is 0.323 e. The number of amides is 2. The van der Waals surface area contributed by atoms with E-state index in [0.717, 1.165) is 27.9 Å². The molecule has 3 aromatic carbocycles. The van der Waals surface area contributed by atoms with Crippen LogP contribution in [0, 0.1) is 13.8 Å². The Bertz CT molecular complexity index is 1600. The first-order chi connectivity index (χ1) is 18.7. The van der Waals surface area contributed by atoms with Crippen LogP contribution in [0.3, 0.4) is 0 Å². The number of azo groups is 1. The molecule has 2 amide bonds. The quantitative estimate of drug-likeness (QED) is 0.257. The number of nitrogens with zero attached hydrogens (tertiary/aromatic N) is 3. The van der Waals surface area contributed by atoms with Gasteiger partial charge in [0.1, 0.15) is 17.8 Å². The van der Waals surface area contributed by atoms with Crippen molar-refractivity contribution in [3.63, 3.8) is 0 Å². The van der Waals surface area contributed by atoms with Gasteiger partial charge in [-0.3, -0.25) is 0 Å². The molecule has 1 aliphatic heterocycles. The summed E-state index contributed by atoms with van der Waals surface area (Å²) >= 11 is 0. The maximum absolute atomic E-state index is 12.5. The Morgan fingerprint density at radius 2 is 1.69 bits per heavy atom. The molecule has 2 heterocycles. The van der Waals surface area contributed by atoms with E-state index in [4.69, 9.17) is 14.1 Å². The number of carbonyl (C=O) groups is 1. The Hall–Kier alpha value is -4.72. The molecule has 1 aliphatic rings. The maximum atomic E-state index is 12.5. The van der Waals surface area contributed by atoms with Gasteiger partial charge in [-0.15, -0.1) is 0 Å². The minimum absolute atomic E-state index is 0.0133. The molecule has 2 N–H and O–H groups in total. The highest BCUT2D eigenvalue weighted by atomic mass is 16.5. The molecule has 0 saturated carbocycles. The minimum atomic E-state index is -0.310. The van der Waals surface area contributed by atoms with Crippen LogP contribution in [0.15, 0.2) is 93.3 Å². The zero-order valence-corrected chi connectivity index (χ0v) is 22.7. The van der Waals surface area contributed by atoms with E-state index < -0.39 is 0 Å². The van der Waals surface area contributed by atoms with Crippen LogP contribution in [0.5, 0.6) is 0 Å². The molecule has 0 radical (unpaired) electrons. The Morgan fingerprint density at radius 3 is 2.41 bits per heavy atom. The van der Waals surface area contributed by atoms with Gasteiger partial charge in [0.05, 0.1) is 17.5 Å². The van der Waals surface area contributed by atoms with Crippen LogP contribution in [-0.2, 0) is 10.2 Å². The number of rotatable bonds is 5. The van der Waals surface area contributed by atoms with Gasteiger partial charge in [-0.2, -0.15) is 10.2 Å². The molecule has 0 fully saturated rings. The second-order valence-electron chi connectivity index (χ2n) is 10.5. The van der Waals surface area contributed by atoms with Gasteiger partial charge in [0.15, 0.2) is 5.58 Å². The molecule has 0 atom stereocenters. The van der Waals surface area contributed by atoms with Crippen molar-refractivity contribution >= 4 is 39.8 Å². The van der Waals surface area contributed by atoms with E-state index in [1.807, 2.05) is 38.1 Å². The molecule has 198 valence electrons. The first-order valence-corrected chi connectivity index (χ1v) is 12.8. The highest BCUT2D eigenvalue weighted by molar-refractivity contribution is 6.00. The Balaban J connectivity index is 1.31. The van der Waals surface area contributed by atoms with E-state index >= 15 is 0 Å². The molecule has 0 bridgehead atoms. The van der Waals surface area contributed by atoms with Gasteiger partial charge in [-0.1, -0.05) is 45.0 Å². The lowest BCUT2D eigenvalue weighted by Gasteiger charge is -2.18. The molecular weight excluding hydrogens is 490 g/mol. The molecule has 8 heteroatoms. The van der Waals surface area contributed by atoms with E-state index in [2.05, 4.69) is 53.8 Å². The third-order valence-corrected chi connectivity index (χ3v) is 6.48. The molecule has 4 aromatic rings. The predicted molar refractivity (Wildman–Crippen MR) is 154 cm³/mol. The van der Waals surface area contributed by atoms with E-state index in [-0.39, 0.29) is 18.1 Å². The average molecular weight is 522 g/mol. The summed E-state index contributed by atoms with van der Waals surface area (Å²) in [5.74, 6) is 0.471. The van der Waals surface area contributed by atoms with Gasteiger partial charge in [0.2, 0.25) is 5.89 Å². The average Bonchev–Trinajstić information content (AvgIpc) is 3.34. The summed E-state index contributed by atoms with van der Waals surface area (Å²) in [5, 5.41) is 14.6. The number of hydrogen-bond acceptors (Lipinski definition) is 6. The number of benzene rings is 3. The fraction of sp³-hybridized carbons (Fsp3) is 0.226. The molecule has 5 rings (SSSR count). The number of ether oxygens (including phenoxy) is 1. The Labute approximate surface area is 227 Å². The standard InChI is InChI=1S/C31H31N5O3/c1-19-7-6-8-20(2)28(19)34-30(37)32-22-10-12-23(13-11-22)35-36-26-18-38-16-15-24(26)29-33-25-17-21(31(3,4)5)9-14-27(25)39-29/h6-17H,18H2,1-5H3,(H2,32,34,37). The predicted octanol–water partition coefficient (Wildman–Crippen LogP) is 8.43. The lowest BCUT2D eigenvalue weighted by Crippen LogP contribution is -2.20. The molecule has 0 saturated heterocycles. The van der Waals surface area contributed by atoms with Gasteiger partial charge in [-0.05, 0) is 78.4 Å². The number of hydrogen-bond donors (Lipinski definition) is 2. The number of allylic oxidation sites excluding steroid dienone is 2. The number of nitrogens with one attached hydrogen (secondary N) is 2. The third-order valence-electron chi connectivity index (χ3n) is 6.48. The largest absolute Gasteiger partial charge is 0.495 e. The highest BCUT2D eigenvalue weighted by Gasteiger charge is 2.19. The topological polar surface area (TPSA) is 101 Å². The molecule has 0 unspecified atom stereocenters. The monoisotopic (exact) mass is 521 g/mol. The number of para-hydroxylation sites is 1. The van der Waals surface area contributed by atoms with E-state index in [1.165, 1.54) is 5.56 Å². The molecule has 0 spiro atoms. The zero-order valence-electron chi connectivity index (χ0n) is 22.7. The summed E-state index contributed by atoms with van der Waals surface area (Å²) in [5.41, 5.74) is 8.12. The lowest BCUT2D eigenvalue weighted by atomic mass is 9.87. The van der Waals surface area contributed by atoms with Crippen LogP contribution >= 0.6 is 0 Å². The summed E-state index contributed by atoms with van der Waals surface area (Å²) in [6.07, 6.45) is 3.39. The van der Waals surface area contributed by atoms with Crippen LogP contribution < -0.4 is 10.6 Å². The van der Waals surface area contributed by atoms with E-state index in [0.29, 0.717) is 28.5 Å². The number of carbonyl (C=O) groups excluding carboxylic acids is 1. The van der Waals surface area contributed by atoms with E-state index in [1.54, 1.807) is 36.6 Å². The van der Waals surface area contributed by atoms with Crippen molar-refractivity contribution in [2.45, 2.75) is 40.0 Å². The smallest absolute Gasteiger partial charge is 0.323 e. The first kappa shape index (κ1) is 25.9. The normalized spacial score (nSPS) is 13.7. The first-order valence-electron chi connectivity index (χ1n) is 12.8. The molecule has 1 aromatic heterocycles. The summed E-state index contributed by atoms with van der Waals surface area (Å²) in [7, 11) is 0. The third kappa shape index (κ3) is 5.90.